The zero-order valence-electron chi connectivity index (χ0n) is 11.9. The van der Waals surface area contributed by atoms with E-state index in [1.54, 1.807) is 18.2 Å². The number of esters is 1. The van der Waals surface area contributed by atoms with E-state index in [0.717, 1.165) is 23.1 Å². The highest BCUT2D eigenvalue weighted by Crippen LogP contribution is 2.16. The molecule has 0 radical (unpaired) electrons. The molecule has 2 aromatic carbocycles. The van der Waals surface area contributed by atoms with Gasteiger partial charge in [0.25, 0.3) is 0 Å². The average Bonchev–Trinajstić information content (AvgIpc) is 2.53. The fourth-order valence-electron chi connectivity index (χ4n) is 2.20. The van der Waals surface area contributed by atoms with Crippen LogP contribution in [0.1, 0.15) is 27.0 Å². The number of aryl methyl sites for hydroxylation is 2. The van der Waals surface area contributed by atoms with Crippen molar-refractivity contribution in [3.8, 4) is 0 Å². The van der Waals surface area contributed by atoms with Crippen molar-refractivity contribution in [1.82, 2.24) is 0 Å². The molecule has 0 spiro atoms. The molecule has 0 aromatic heterocycles. The maximum absolute atomic E-state index is 12.9. The monoisotopic (exact) mass is 287 g/mol. The Bertz CT molecular complexity index is 623. The first-order chi connectivity index (χ1) is 10.1. The predicted molar refractivity (Wildman–Crippen MR) is 79.5 cm³/mol. The Kier molecular flexibility index (Phi) is 5.06. The summed E-state index contributed by atoms with van der Waals surface area (Å²) in [7, 11) is 1.36. The maximum Gasteiger partial charge on any atom is 0.338 e. The van der Waals surface area contributed by atoms with E-state index in [2.05, 4.69) is 0 Å². The first-order valence-corrected chi connectivity index (χ1v) is 6.78. The van der Waals surface area contributed by atoms with Crippen LogP contribution in [0.3, 0.4) is 0 Å². The lowest BCUT2D eigenvalue weighted by atomic mass is 9.98. The molecule has 0 heterocycles. The summed E-state index contributed by atoms with van der Waals surface area (Å²) >= 11 is 0. The molecule has 0 saturated carbocycles. The summed E-state index contributed by atoms with van der Waals surface area (Å²) in [5.41, 5.74) is 8.96. The van der Waals surface area contributed by atoms with Crippen molar-refractivity contribution >= 4 is 5.97 Å². The van der Waals surface area contributed by atoms with E-state index in [4.69, 9.17) is 10.5 Å². The highest BCUT2D eigenvalue weighted by atomic mass is 19.1. The standard InChI is InChI=1S/C17H18FNO2/c1-21-17(20)16-10-13(11-19)3-7-14(16)6-2-12-4-8-15(18)9-5-12/h3-5,7-10H,2,6,11,19H2,1H3. The molecule has 2 rings (SSSR count). The Morgan fingerprint density at radius 3 is 2.38 bits per heavy atom. The van der Waals surface area contributed by atoms with Crippen molar-refractivity contribution in [2.24, 2.45) is 5.73 Å². The molecule has 0 saturated heterocycles. The average molecular weight is 287 g/mol. The first kappa shape index (κ1) is 15.2. The van der Waals surface area contributed by atoms with Gasteiger partial charge >= 0.3 is 5.97 Å². The van der Waals surface area contributed by atoms with Gasteiger partial charge in [0.1, 0.15) is 5.82 Å². The van der Waals surface area contributed by atoms with E-state index in [9.17, 15) is 9.18 Å². The van der Waals surface area contributed by atoms with Crippen LogP contribution in [-0.2, 0) is 24.1 Å². The van der Waals surface area contributed by atoms with Gasteiger partial charge in [-0.15, -0.1) is 0 Å². The lowest BCUT2D eigenvalue weighted by molar-refractivity contribution is 0.0599. The minimum atomic E-state index is -0.362. The Morgan fingerprint density at radius 2 is 1.76 bits per heavy atom. The van der Waals surface area contributed by atoms with Crippen LogP contribution in [0.2, 0.25) is 0 Å². The Hall–Kier alpha value is -2.20. The largest absolute Gasteiger partial charge is 0.465 e. The second-order valence-corrected chi connectivity index (χ2v) is 4.81. The third kappa shape index (κ3) is 3.89. The van der Waals surface area contributed by atoms with Gasteiger partial charge in [-0.3, -0.25) is 0 Å². The summed E-state index contributed by atoms with van der Waals surface area (Å²) in [6.45, 7) is 0.377. The number of benzene rings is 2. The molecule has 3 nitrogen and oxygen atoms in total. The number of nitrogens with two attached hydrogens (primary N) is 1. The van der Waals surface area contributed by atoms with Crippen LogP contribution in [0.25, 0.3) is 0 Å². The number of ether oxygens (including phenoxy) is 1. The zero-order valence-corrected chi connectivity index (χ0v) is 11.9. The van der Waals surface area contributed by atoms with E-state index in [1.807, 2.05) is 12.1 Å². The van der Waals surface area contributed by atoms with Gasteiger partial charge in [0.2, 0.25) is 0 Å². The third-order valence-electron chi connectivity index (χ3n) is 3.41. The number of rotatable bonds is 5. The number of halogens is 1. The minimum Gasteiger partial charge on any atom is -0.465 e. The van der Waals surface area contributed by atoms with Crippen LogP contribution in [-0.4, -0.2) is 13.1 Å². The van der Waals surface area contributed by atoms with Gasteiger partial charge in [-0.1, -0.05) is 24.3 Å². The molecular formula is C17H18FNO2. The summed E-state index contributed by atoms with van der Waals surface area (Å²) in [4.78, 5) is 11.8. The van der Waals surface area contributed by atoms with Gasteiger partial charge in [0.05, 0.1) is 12.7 Å². The molecule has 2 aromatic rings. The predicted octanol–water partition coefficient (Wildman–Crippen LogP) is 2.86. The molecule has 21 heavy (non-hydrogen) atoms. The molecule has 0 amide bonds. The van der Waals surface area contributed by atoms with Crippen LogP contribution >= 0.6 is 0 Å². The van der Waals surface area contributed by atoms with Crippen molar-refractivity contribution in [3.63, 3.8) is 0 Å². The summed E-state index contributed by atoms with van der Waals surface area (Å²) < 4.78 is 17.7. The van der Waals surface area contributed by atoms with Crippen LogP contribution in [0, 0.1) is 5.82 Å². The molecule has 2 N–H and O–H groups in total. The topological polar surface area (TPSA) is 52.3 Å². The molecule has 0 unspecified atom stereocenters. The lowest BCUT2D eigenvalue weighted by Gasteiger charge is -2.10. The number of hydrogen-bond donors (Lipinski definition) is 1. The molecule has 0 aliphatic heterocycles. The van der Waals surface area contributed by atoms with Crippen molar-refractivity contribution in [2.45, 2.75) is 19.4 Å². The van der Waals surface area contributed by atoms with Crippen LogP contribution in [0.4, 0.5) is 4.39 Å². The van der Waals surface area contributed by atoms with Crippen molar-refractivity contribution in [3.05, 3.63) is 70.5 Å². The highest BCUT2D eigenvalue weighted by molar-refractivity contribution is 5.91. The van der Waals surface area contributed by atoms with E-state index in [-0.39, 0.29) is 11.8 Å². The molecule has 0 aliphatic rings. The molecular weight excluding hydrogens is 269 g/mol. The smallest absolute Gasteiger partial charge is 0.338 e. The van der Waals surface area contributed by atoms with Crippen molar-refractivity contribution in [2.75, 3.05) is 7.11 Å². The Labute approximate surface area is 123 Å². The highest BCUT2D eigenvalue weighted by Gasteiger charge is 2.12. The van der Waals surface area contributed by atoms with Gasteiger partial charge in [-0.25, -0.2) is 9.18 Å². The van der Waals surface area contributed by atoms with Gasteiger partial charge in [-0.2, -0.15) is 0 Å². The summed E-state index contributed by atoms with van der Waals surface area (Å²) in [6.07, 6.45) is 1.41. The van der Waals surface area contributed by atoms with Crippen LogP contribution in [0.5, 0.6) is 0 Å². The zero-order chi connectivity index (χ0) is 15.2. The van der Waals surface area contributed by atoms with Gasteiger partial charge in [0, 0.05) is 6.54 Å². The second kappa shape index (κ2) is 6.99. The van der Waals surface area contributed by atoms with Gasteiger partial charge in [-0.05, 0) is 47.7 Å². The molecule has 0 fully saturated rings. The van der Waals surface area contributed by atoms with E-state index < -0.39 is 0 Å². The number of hydrogen-bond acceptors (Lipinski definition) is 3. The van der Waals surface area contributed by atoms with E-state index in [1.165, 1.54) is 19.2 Å². The molecule has 0 atom stereocenters. The first-order valence-electron chi connectivity index (χ1n) is 6.78. The van der Waals surface area contributed by atoms with E-state index in [0.29, 0.717) is 18.5 Å². The molecule has 4 heteroatoms. The van der Waals surface area contributed by atoms with E-state index >= 15 is 0 Å². The lowest BCUT2D eigenvalue weighted by Crippen LogP contribution is -2.09. The number of carbonyl (C=O) groups excluding carboxylic acids is 1. The quantitative estimate of drug-likeness (QED) is 0.860. The molecule has 110 valence electrons. The summed E-state index contributed by atoms with van der Waals surface area (Å²) in [5, 5.41) is 0. The Morgan fingerprint density at radius 1 is 1.10 bits per heavy atom. The molecule has 0 bridgehead atoms. The van der Waals surface area contributed by atoms with Crippen molar-refractivity contribution in [1.29, 1.82) is 0 Å². The third-order valence-corrected chi connectivity index (χ3v) is 3.41. The van der Waals surface area contributed by atoms with Crippen LogP contribution < -0.4 is 5.73 Å². The molecule has 0 aliphatic carbocycles. The fourth-order valence-corrected chi connectivity index (χ4v) is 2.20. The van der Waals surface area contributed by atoms with Crippen LogP contribution in [0.15, 0.2) is 42.5 Å². The number of methoxy groups -OCH3 is 1. The summed E-state index contributed by atoms with van der Waals surface area (Å²) in [6, 6.07) is 12.0. The minimum absolute atomic E-state index is 0.249. The number of carbonyl (C=O) groups is 1. The van der Waals surface area contributed by atoms with Crippen molar-refractivity contribution < 1.29 is 13.9 Å². The summed E-state index contributed by atoms with van der Waals surface area (Å²) in [5.74, 6) is -0.610. The van der Waals surface area contributed by atoms with Gasteiger partial charge in [0.15, 0.2) is 0 Å². The maximum atomic E-state index is 12.9. The normalized spacial score (nSPS) is 10.4. The van der Waals surface area contributed by atoms with Gasteiger partial charge < -0.3 is 10.5 Å². The Balaban J connectivity index is 2.18. The second-order valence-electron chi connectivity index (χ2n) is 4.81. The fraction of sp³-hybridized carbons (Fsp3) is 0.235. The SMILES string of the molecule is COC(=O)c1cc(CN)ccc1CCc1ccc(F)cc1.